The number of rotatable bonds is 4. The molecule has 2 aromatic rings. The van der Waals surface area contributed by atoms with Crippen molar-refractivity contribution in [3.05, 3.63) is 64.7 Å². The monoisotopic (exact) mass is 372 g/mol. The van der Waals surface area contributed by atoms with Crippen molar-refractivity contribution in [2.24, 2.45) is 0 Å². The van der Waals surface area contributed by atoms with Gasteiger partial charge in [-0.1, -0.05) is 37.3 Å². The fourth-order valence-corrected chi connectivity index (χ4v) is 3.83. The Kier molecular flexibility index (Phi) is 5.84. The van der Waals surface area contributed by atoms with E-state index in [1.807, 2.05) is 6.07 Å². The molecule has 2 aromatic carbocycles. The van der Waals surface area contributed by atoms with Crippen molar-refractivity contribution in [3.8, 4) is 0 Å². The van der Waals surface area contributed by atoms with Crippen molar-refractivity contribution >= 4 is 24.1 Å². The number of anilines is 1. The maximum absolute atomic E-state index is 12.4. The molecule has 0 bridgehead atoms. The number of ether oxygens (including phenoxy) is 1. The van der Waals surface area contributed by atoms with Crippen molar-refractivity contribution in [2.45, 2.75) is 25.9 Å². The lowest BCUT2D eigenvalue weighted by atomic mass is 9.95. The van der Waals surface area contributed by atoms with E-state index in [9.17, 15) is 4.79 Å². The first-order chi connectivity index (χ1) is 12.3. The van der Waals surface area contributed by atoms with Crippen LogP contribution < -0.4 is 10.2 Å². The summed E-state index contributed by atoms with van der Waals surface area (Å²) in [4.78, 5) is 14.7. The zero-order valence-corrected chi connectivity index (χ0v) is 15.8. The number of carbonyl (C=O) groups excluding carboxylic acids is 1. The summed E-state index contributed by atoms with van der Waals surface area (Å²) in [5, 5.41) is 3.36. The van der Waals surface area contributed by atoms with Gasteiger partial charge in [0.1, 0.15) is 6.10 Å². The second-order valence-electron chi connectivity index (χ2n) is 6.73. The van der Waals surface area contributed by atoms with Crippen LogP contribution in [0.3, 0.4) is 0 Å². The molecule has 2 aliphatic rings. The van der Waals surface area contributed by atoms with E-state index in [-0.39, 0.29) is 24.5 Å². The molecule has 0 spiro atoms. The maximum Gasteiger partial charge on any atom is 0.339 e. The minimum absolute atomic E-state index is 0. The molecule has 2 heterocycles. The van der Waals surface area contributed by atoms with Gasteiger partial charge in [-0.3, -0.25) is 0 Å². The number of hydrogen-bond donors (Lipinski definition) is 1. The highest BCUT2D eigenvalue weighted by Gasteiger charge is 2.32. The fourth-order valence-electron chi connectivity index (χ4n) is 3.83. The number of nitrogens with zero attached hydrogens (tertiary/aromatic N) is 1. The summed E-state index contributed by atoms with van der Waals surface area (Å²) in [6.45, 7) is 6.07. The highest BCUT2D eigenvalue weighted by molar-refractivity contribution is 5.95. The van der Waals surface area contributed by atoms with E-state index in [1.165, 1.54) is 11.1 Å². The Morgan fingerprint density at radius 1 is 1.12 bits per heavy atom. The molecule has 4 rings (SSSR count). The molecule has 2 aliphatic heterocycles. The van der Waals surface area contributed by atoms with Gasteiger partial charge in [-0.15, -0.1) is 12.4 Å². The summed E-state index contributed by atoms with van der Waals surface area (Å²) in [5.41, 5.74) is 5.46. The van der Waals surface area contributed by atoms with Crippen LogP contribution in [0.25, 0.3) is 0 Å². The summed E-state index contributed by atoms with van der Waals surface area (Å²) < 4.78 is 5.71. The summed E-state index contributed by atoms with van der Waals surface area (Å²) in [6, 6.07) is 14.6. The molecule has 0 aromatic heterocycles. The van der Waals surface area contributed by atoms with Gasteiger partial charge >= 0.3 is 5.97 Å². The first-order valence-electron chi connectivity index (χ1n) is 9.13. The van der Waals surface area contributed by atoms with E-state index < -0.39 is 0 Å². The molecule has 0 saturated carbocycles. The molecule has 0 amide bonds. The molecule has 0 radical (unpaired) electrons. The summed E-state index contributed by atoms with van der Waals surface area (Å²) in [6.07, 6.45) is 1.56. The fraction of sp³-hybridized carbons (Fsp3) is 0.381. The van der Waals surface area contributed by atoms with Crippen LogP contribution in [-0.4, -0.2) is 32.1 Å². The van der Waals surface area contributed by atoms with Gasteiger partial charge in [0.05, 0.1) is 5.56 Å². The number of benzene rings is 2. The Balaban J connectivity index is 0.00000196. The maximum atomic E-state index is 12.4. The van der Waals surface area contributed by atoms with Crippen LogP contribution in [-0.2, 0) is 17.6 Å². The Morgan fingerprint density at radius 2 is 1.85 bits per heavy atom. The highest BCUT2D eigenvalue weighted by Crippen LogP contribution is 2.36. The number of carbonyl (C=O) groups is 1. The molecule has 138 valence electrons. The summed E-state index contributed by atoms with van der Waals surface area (Å²) >= 11 is 0. The number of aryl methyl sites for hydroxylation is 1. The molecule has 1 fully saturated rings. The zero-order valence-electron chi connectivity index (χ0n) is 15.0. The quantitative estimate of drug-likeness (QED) is 0.833. The third kappa shape index (κ3) is 3.57. The van der Waals surface area contributed by atoms with E-state index in [2.05, 4.69) is 53.5 Å². The molecule has 1 atom stereocenters. The first kappa shape index (κ1) is 18.7. The van der Waals surface area contributed by atoms with Crippen molar-refractivity contribution in [2.75, 3.05) is 31.1 Å². The predicted octanol–water partition coefficient (Wildman–Crippen LogP) is 3.53. The Hall–Kier alpha value is -2.04. The smallest absolute Gasteiger partial charge is 0.339 e. The molecule has 5 heteroatoms. The highest BCUT2D eigenvalue weighted by atomic mass is 35.5. The predicted molar refractivity (Wildman–Crippen MR) is 106 cm³/mol. The van der Waals surface area contributed by atoms with E-state index in [4.69, 9.17) is 4.74 Å². The van der Waals surface area contributed by atoms with Crippen LogP contribution in [0, 0.1) is 0 Å². The van der Waals surface area contributed by atoms with Gasteiger partial charge in [0.15, 0.2) is 0 Å². The standard InChI is InChI=1S/C21H24N2O2.ClH/c1-2-15-5-3-4-6-16(15)13-20-18-8-7-17(14-19(18)21(24)25-20)23-11-9-22-10-12-23;/h3-8,14,20,22H,2,9-13H2,1H3;1H. The van der Waals surface area contributed by atoms with Crippen molar-refractivity contribution in [1.29, 1.82) is 0 Å². The number of halogens is 1. The van der Waals surface area contributed by atoms with Gasteiger partial charge < -0.3 is 15.0 Å². The SMILES string of the molecule is CCc1ccccc1CC1OC(=O)c2cc(N3CCNCC3)ccc21.Cl. The van der Waals surface area contributed by atoms with Gasteiger partial charge in [-0.05, 0) is 29.7 Å². The topological polar surface area (TPSA) is 41.6 Å². The molecular weight excluding hydrogens is 348 g/mol. The second kappa shape index (κ2) is 8.11. The van der Waals surface area contributed by atoms with E-state index in [0.29, 0.717) is 0 Å². The Labute approximate surface area is 160 Å². The third-order valence-electron chi connectivity index (χ3n) is 5.24. The number of piperazine rings is 1. The van der Waals surface area contributed by atoms with Gasteiger partial charge in [0.25, 0.3) is 0 Å². The lowest BCUT2D eigenvalue weighted by Gasteiger charge is -2.29. The average molecular weight is 373 g/mol. The van der Waals surface area contributed by atoms with Crippen molar-refractivity contribution in [1.82, 2.24) is 5.32 Å². The number of hydrogen-bond acceptors (Lipinski definition) is 4. The van der Waals surface area contributed by atoms with E-state index in [1.54, 1.807) is 0 Å². The largest absolute Gasteiger partial charge is 0.454 e. The number of fused-ring (bicyclic) bond motifs is 1. The first-order valence-corrected chi connectivity index (χ1v) is 9.13. The Bertz CT molecular complexity index is 787. The van der Waals surface area contributed by atoms with Gasteiger partial charge in [0.2, 0.25) is 0 Å². The minimum Gasteiger partial charge on any atom is -0.454 e. The van der Waals surface area contributed by atoms with Crippen molar-refractivity contribution < 1.29 is 9.53 Å². The Morgan fingerprint density at radius 3 is 2.58 bits per heavy atom. The van der Waals surface area contributed by atoms with Gasteiger partial charge in [-0.25, -0.2) is 4.79 Å². The lowest BCUT2D eigenvalue weighted by Crippen LogP contribution is -2.43. The van der Waals surface area contributed by atoms with Gasteiger partial charge in [-0.2, -0.15) is 0 Å². The van der Waals surface area contributed by atoms with Crippen LogP contribution in [0.2, 0.25) is 0 Å². The molecular formula is C21H25ClN2O2. The molecule has 4 nitrogen and oxygen atoms in total. The van der Waals surface area contributed by atoms with Crippen molar-refractivity contribution in [3.63, 3.8) is 0 Å². The van der Waals surface area contributed by atoms with Crippen LogP contribution in [0.5, 0.6) is 0 Å². The molecule has 0 aliphatic carbocycles. The molecule has 26 heavy (non-hydrogen) atoms. The number of esters is 1. The van der Waals surface area contributed by atoms with Gasteiger partial charge in [0, 0.05) is 43.9 Å². The zero-order chi connectivity index (χ0) is 17.2. The normalized spacial score (nSPS) is 18.9. The van der Waals surface area contributed by atoms with Crippen LogP contribution in [0.1, 0.15) is 40.1 Å². The number of cyclic esters (lactones) is 1. The van der Waals surface area contributed by atoms with Crippen LogP contribution in [0.15, 0.2) is 42.5 Å². The third-order valence-corrected chi connectivity index (χ3v) is 5.24. The molecule has 1 unspecified atom stereocenters. The number of nitrogens with one attached hydrogen (secondary N) is 1. The van der Waals surface area contributed by atoms with E-state index >= 15 is 0 Å². The molecule has 1 N–H and O–H groups in total. The minimum atomic E-state index is -0.189. The van der Waals surface area contributed by atoms with Crippen LogP contribution >= 0.6 is 12.4 Å². The summed E-state index contributed by atoms with van der Waals surface area (Å²) in [5.74, 6) is -0.189. The summed E-state index contributed by atoms with van der Waals surface area (Å²) in [7, 11) is 0. The van der Waals surface area contributed by atoms with E-state index in [0.717, 1.165) is 55.8 Å². The lowest BCUT2D eigenvalue weighted by molar-refractivity contribution is 0.0386. The average Bonchev–Trinajstić information content (AvgIpc) is 2.98. The molecule has 1 saturated heterocycles. The van der Waals surface area contributed by atoms with Crippen LogP contribution in [0.4, 0.5) is 5.69 Å². The second-order valence-corrected chi connectivity index (χ2v) is 6.73.